The maximum atomic E-state index is 13.9. The second kappa shape index (κ2) is 13.9. The summed E-state index contributed by atoms with van der Waals surface area (Å²) in [6.45, 7) is 7.52. The van der Waals surface area contributed by atoms with E-state index in [0.717, 1.165) is 22.7 Å². The Kier molecular flexibility index (Phi) is 10.6. The maximum absolute atomic E-state index is 13.9. The number of ether oxygens (including phenoxy) is 1. The molecule has 0 bridgehead atoms. The van der Waals surface area contributed by atoms with Crippen molar-refractivity contribution >= 4 is 34.0 Å². The van der Waals surface area contributed by atoms with E-state index in [9.17, 15) is 27.6 Å². The number of allylic oxidation sites excluding steroid dienone is 1. The van der Waals surface area contributed by atoms with Gasteiger partial charge in [-0.15, -0.1) is 0 Å². The Labute approximate surface area is 266 Å². The molecule has 1 saturated heterocycles. The number of hydrogen-bond acceptors (Lipinski definition) is 7. The van der Waals surface area contributed by atoms with Crippen LogP contribution in [0.3, 0.4) is 0 Å². The smallest absolute Gasteiger partial charge is 0.408 e. The molecule has 1 aliphatic carbocycles. The zero-order chi connectivity index (χ0) is 33.0. The van der Waals surface area contributed by atoms with E-state index >= 15 is 0 Å². The van der Waals surface area contributed by atoms with Gasteiger partial charge in [0, 0.05) is 26.1 Å². The van der Waals surface area contributed by atoms with Crippen molar-refractivity contribution in [1.29, 1.82) is 0 Å². The van der Waals surface area contributed by atoms with Crippen LogP contribution in [0.25, 0.3) is 0 Å². The first-order valence-electron chi connectivity index (χ1n) is 15.7. The van der Waals surface area contributed by atoms with Gasteiger partial charge in [-0.05, 0) is 64.4 Å². The summed E-state index contributed by atoms with van der Waals surface area (Å²) in [5, 5.41) is 5.58. The van der Waals surface area contributed by atoms with Crippen LogP contribution in [0.15, 0.2) is 42.5 Å². The van der Waals surface area contributed by atoms with E-state index in [1.807, 2.05) is 25.1 Å². The van der Waals surface area contributed by atoms with Gasteiger partial charge in [0.25, 0.3) is 5.91 Å². The third kappa shape index (κ3) is 8.84. The summed E-state index contributed by atoms with van der Waals surface area (Å²) in [5.41, 5.74) is -1.46. The van der Waals surface area contributed by atoms with Crippen molar-refractivity contribution in [3.63, 3.8) is 0 Å². The Morgan fingerprint density at radius 1 is 1.13 bits per heavy atom. The number of carbonyl (C=O) groups is 4. The van der Waals surface area contributed by atoms with Gasteiger partial charge in [0.15, 0.2) is 0 Å². The fourth-order valence-electron chi connectivity index (χ4n) is 5.99. The Morgan fingerprint density at radius 2 is 1.84 bits per heavy atom. The molecule has 4 amide bonds. The van der Waals surface area contributed by atoms with Crippen molar-refractivity contribution in [1.82, 2.24) is 24.6 Å². The molecular formula is C32H47N5O7S. The second-order valence-corrected chi connectivity index (χ2v) is 15.3. The van der Waals surface area contributed by atoms with E-state index in [2.05, 4.69) is 15.4 Å². The first kappa shape index (κ1) is 34.4. The molecule has 2 aliphatic heterocycles. The van der Waals surface area contributed by atoms with Gasteiger partial charge in [-0.2, -0.15) is 12.7 Å². The van der Waals surface area contributed by atoms with E-state index in [1.54, 1.807) is 45.0 Å². The Hall–Kier alpha value is -3.45. The predicted molar refractivity (Wildman–Crippen MR) is 169 cm³/mol. The van der Waals surface area contributed by atoms with Crippen LogP contribution < -0.4 is 15.4 Å². The molecule has 13 heteroatoms. The molecule has 45 heavy (non-hydrogen) atoms. The number of carbonyl (C=O) groups excluding carboxylic acids is 4. The normalized spacial score (nSPS) is 28.5. The number of fused-ring (bicyclic) bond motifs is 2. The van der Waals surface area contributed by atoms with Crippen molar-refractivity contribution < 1.29 is 32.3 Å². The number of hydrogen-bond donors (Lipinski definition) is 3. The van der Waals surface area contributed by atoms with Gasteiger partial charge >= 0.3 is 16.3 Å². The number of rotatable bonds is 6. The summed E-state index contributed by atoms with van der Waals surface area (Å²) in [7, 11) is -2.85. The monoisotopic (exact) mass is 645 g/mol. The van der Waals surface area contributed by atoms with Crippen LogP contribution in [0, 0.1) is 11.8 Å². The number of amides is 4. The Balaban J connectivity index is 1.55. The van der Waals surface area contributed by atoms with E-state index in [0.29, 0.717) is 32.2 Å². The van der Waals surface area contributed by atoms with Gasteiger partial charge in [-0.3, -0.25) is 14.4 Å². The third-order valence-electron chi connectivity index (χ3n) is 8.46. The van der Waals surface area contributed by atoms with Gasteiger partial charge in [0.05, 0.1) is 0 Å². The first-order chi connectivity index (χ1) is 21.1. The zero-order valence-electron chi connectivity index (χ0n) is 26.9. The molecule has 2 fully saturated rings. The molecule has 1 aromatic carbocycles. The van der Waals surface area contributed by atoms with Gasteiger partial charge in [0.1, 0.15) is 23.2 Å². The van der Waals surface area contributed by atoms with Gasteiger partial charge in [-0.1, -0.05) is 62.2 Å². The number of nitrogens with one attached hydrogen (secondary N) is 3. The molecule has 3 aliphatic rings. The SMILES string of the molecule is C[C@@H]1C[C@H]2C(=O)N[C@]3(C(=O)NS(=O)(=O)N(C)Cc4ccccc4)C[C@H]3/C=C\CCCCC[C@H](NC(=O)OC(C)(C)C)C(=O)N2C1. The summed E-state index contributed by atoms with van der Waals surface area (Å²) < 4.78 is 35.0. The molecule has 0 aromatic heterocycles. The van der Waals surface area contributed by atoms with E-state index in [1.165, 1.54) is 11.9 Å². The molecule has 3 N–H and O–H groups in total. The van der Waals surface area contributed by atoms with E-state index < -0.39 is 57.3 Å². The van der Waals surface area contributed by atoms with Crippen molar-refractivity contribution in [3.8, 4) is 0 Å². The largest absolute Gasteiger partial charge is 0.444 e. The molecule has 0 radical (unpaired) electrons. The fraction of sp³-hybridized carbons (Fsp3) is 0.625. The lowest BCUT2D eigenvalue weighted by molar-refractivity contribution is -0.141. The minimum Gasteiger partial charge on any atom is -0.444 e. The highest BCUT2D eigenvalue weighted by Crippen LogP contribution is 2.46. The highest BCUT2D eigenvalue weighted by molar-refractivity contribution is 7.87. The Bertz CT molecular complexity index is 1390. The van der Waals surface area contributed by atoms with Crippen molar-refractivity contribution in [3.05, 3.63) is 48.0 Å². The standard InChI is InChI=1S/C32H47N5O7S/c1-22-18-26-27(38)34-32(29(40)35-45(42,43)36(5)21-23-14-10-9-11-15-23)19-24(32)16-12-7-6-8-13-17-25(28(39)37(26)20-22)33-30(41)44-31(2,3)4/h9-12,14-16,22,24-26H,6-8,13,17-21H2,1-5H3,(H,33,41)(H,34,38)(H,35,40)/b16-12-/t22-,24-,25+,26+,32-/m1/s1. The predicted octanol–water partition coefficient (Wildman–Crippen LogP) is 3.00. The highest BCUT2D eigenvalue weighted by atomic mass is 32.2. The van der Waals surface area contributed by atoms with Crippen molar-refractivity contribution in [2.75, 3.05) is 13.6 Å². The summed E-state index contributed by atoms with van der Waals surface area (Å²) in [6.07, 6.45) is 7.14. The molecule has 0 unspecified atom stereocenters. The summed E-state index contributed by atoms with van der Waals surface area (Å²) in [4.78, 5) is 55.5. The van der Waals surface area contributed by atoms with Gasteiger partial charge in [0.2, 0.25) is 11.8 Å². The van der Waals surface area contributed by atoms with Crippen LogP contribution in [0.4, 0.5) is 4.79 Å². The van der Waals surface area contributed by atoms with Gasteiger partial charge in [-0.25, -0.2) is 9.52 Å². The minimum atomic E-state index is -4.23. The number of benzene rings is 1. The summed E-state index contributed by atoms with van der Waals surface area (Å²) >= 11 is 0. The van der Waals surface area contributed by atoms with Crippen molar-refractivity contribution in [2.24, 2.45) is 11.8 Å². The van der Waals surface area contributed by atoms with Crippen molar-refractivity contribution in [2.45, 2.75) is 102 Å². The molecule has 1 saturated carbocycles. The average Bonchev–Trinajstić information content (AvgIpc) is 3.50. The lowest BCUT2D eigenvalue weighted by atomic mass is 10.0. The van der Waals surface area contributed by atoms with E-state index in [-0.39, 0.29) is 24.8 Å². The first-order valence-corrected chi connectivity index (χ1v) is 17.2. The second-order valence-electron chi connectivity index (χ2n) is 13.6. The highest BCUT2D eigenvalue weighted by Gasteiger charge is 2.61. The maximum Gasteiger partial charge on any atom is 0.408 e. The molecule has 12 nitrogen and oxygen atoms in total. The molecule has 0 spiro atoms. The van der Waals surface area contributed by atoms with Crippen LogP contribution in [0.1, 0.15) is 78.2 Å². The number of alkyl carbamates (subject to hydrolysis) is 1. The number of nitrogens with zero attached hydrogens (tertiary/aromatic N) is 2. The molecule has 248 valence electrons. The van der Waals surface area contributed by atoms with Crippen LogP contribution in [-0.2, 0) is 35.9 Å². The molecular weight excluding hydrogens is 598 g/mol. The molecule has 1 aromatic rings. The van der Waals surface area contributed by atoms with Crippen LogP contribution in [0.2, 0.25) is 0 Å². The van der Waals surface area contributed by atoms with Crippen LogP contribution >= 0.6 is 0 Å². The van der Waals surface area contributed by atoms with Crippen LogP contribution in [-0.4, -0.2) is 78.3 Å². The fourth-order valence-corrected chi connectivity index (χ4v) is 6.88. The summed E-state index contributed by atoms with van der Waals surface area (Å²) in [6, 6.07) is 7.25. The molecule has 5 atom stereocenters. The lowest BCUT2D eigenvalue weighted by Gasteiger charge is -2.30. The van der Waals surface area contributed by atoms with Crippen LogP contribution in [0.5, 0.6) is 0 Å². The minimum absolute atomic E-state index is 0.00236. The average molecular weight is 646 g/mol. The topological polar surface area (TPSA) is 154 Å². The van der Waals surface area contributed by atoms with E-state index in [4.69, 9.17) is 4.74 Å². The molecule has 4 rings (SSSR count). The quantitative estimate of drug-likeness (QED) is 0.402. The Morgan fingerprint density at radius 3 is 2.53 bits per heavy atom. The third-order valence-corrected chi connectivity index (χ3v) is 9.86. The summed E-state index contributed by atoms with van der Waals surface area (Å²) in [5.74, 6) is -2.12. The zero-order valence-corrected chi connectivity index (χ0v) is 27.7. The van der Waals surface area contributed by atoms with Gasteiger partial charge < -0.3 is 20.3 Å². The lowest BCUT2D eigenvalue weighted by Crippen LogP contribution is -2.59. The molecule has 2 heterocycles.